The fourth-order valence-corrected chi connectivity index (χ4v) is 3.46. The minimum Gasteiger partial charge on any atom is -0.339 e. The molecule has 2 rings (SSSR count). The number of nitrogens with two attached hydrogens (primary N) is 1. The molecular formula is C20H33N3O. The maximum Gasteiger partial charge on any atom is 0.253 e. The Balaban J connectivity index is 1.94. The molecule has 2 N–H and O–H groups in total. The van der Waals surface area contributed by atoms with Gasteiger partial charge in [-0.05, 0) is 63.8 Å². The number of carbonyl (C=O) groups is 1. The van der Waals surface area contributed by atoms with Crippen LogP contribution in [0.15, 0.2) is 24.3 Å². The van der Waals surface area contributed by atoms with Crippen molar-refractivity contribution in [2.75, 3.05) is 19.6 Å². The molecule has 0 saturated carbocycles. The van der Waals surface area contributed by atoms with Crippen LogP contribution in [0.4, 0.5) is 0 Å². The molecule has 1 heterocycles. The number of rotatable bonds is 6. The normalized spacial score (nSPS) is 17.5. The second kappa shape index (κ2) is 8.63. The van der Waals surface area contributed by atoms with Crippen molar-refractivity contribution in [1.82, 2.24) is 9.80 Å². The van der Waals surface area contributed by atoms with E-state index in [4.69, 9.17) is 5.73 Å². The molecule has 0 radical (unpaired) electrons. The molecule has 4 nitrogen and oxygen atoms in total. The second-order valence-corrected chi connectivity index (χ2v) is 7.34. The smallest absolute Gasteiger partial charge is 0.253 e. The van der Waals surface area contributed by atoms with Gasteiger partial charge in [0.15, 0.2) is 0 Å². The zero-order chi connectivity index (χ0) is 17.7. The standard InChI is InChI=1S/C20H33N3O/c1-5-22(15(2)3)14-17-6-8-19(9-7-17)20(24)23-12-10-18(11-13-23)16(4)21/h6-9,15-16,18H,5,10-14,21H2,1-4H3. The summed E-state index contributed by atoms with van der Waals surface area (Å²) in [5, 5.41) is 0. The summed E-state index contributed by atoms with van der Waals surface area (Å²) in [5.41, 5.74) is 8.04. The summed E-state index contributed by atoms with van der Waals surface area (Å²) in [4.78, 5) is 17.0. The lowest BCUT2D eigenvalue weighted by atomic mass is 9.90. The average Bonchev–Trinajstić information content (AvgIpc) is 2.59. The Morgan fingerprint density at radius 1 is 1.21 bits per heavy atom. The van der Waals surface area contributed by atoms with E-state index >= 15 is 0 Å². The van der Waals surface area contributed by atoms with Gasteiger partial charge in [0.25, 0.3) is 5.91 Å². The van der Waals surface area contributed by atoms with Gasteiger partial charge in [0.2, 0.25) is 0 Å². The number of piperidine rings is 1. The van der Waals surface area contributed by atoms with Crippen LogP contribution in [0, 0.1) is 5.92 Å². The average molecular weight is 332 g/mol. The van der Waals surface area contributed by atoms with E-state index < -0.39 is 0 Å². The molecule has 134 valence electrons. The van der Waals surface area contributed by atoms with E-state index in [0.29, 0.717) is 12.0 Å². The van der Waals surface area contributed by atoms with Crippen LogP contribution in [0.25, 0.3) is 0 Å². The van der Waals surface area contributed by atoms with E-state index in [9.17, 15) is 4.79 Å². The molecule has 1 fully saturated rings. The van der Waals surface area contributed by atoms with Gasteiger partial charge in [-0.3, -0.25) is 9.69 Å². The largest absolute Gasteiger partial charge is 0.339 e. The molecule has 1 atom stereocenters. The van der Waals surface area contributed by atoms with Gasteiger partial charge in [0.05, 0.1) is 0 Å². The van der Waals surface area contributed by atoms with Gasteiger partial charge < -0.3 is 10.6 Å². The minimum atomic E-state index is 0.154. The number of carbonyl (C=O) groups excluding carboxylic acids is 1. The van der Waals surface area contributed by atoms with Crippen LogP contribution >= 0.6 is 0 Å². The van der Waals surface area contributed by atoms with Gasteiger partial charge in [-0.15, -0.1) is 0 Å². The number of hydrogen-bond donors (Lipinski definition) is 1. The third-order valence-corrected chi connectivity index (χ3v) is 5.29. The van der Waals surface area contributed by atoms with Crippen LogP contribution in [0.1, 0.15) is 56.5 Å². The second-order valence-electron chi connectivity index (χ2n) is 7.34. The van der Waals surface area contributed by atoms with Gasteiger partial charge in [0, 0.05) is 37.3 Å². The van der Waals surface area contributed by atoms with Crippen LogP contribution in [-0.4, -0.2) is 47.4 Å². The molecule has 4 heteroatoms. The van der Waals surface area contributed by atoms with Crippen LogP contribution in [0.2, 0.25) is 0 Å². The number of nitrogens with zero attached hydrogens (tertiary/aromatic N) is 2. The first-order valence-corrected chi connectivity index (χ1v) is 9.30. The van der Waals surface area contributed by atoms with E-state index in [1.807, 2.05) is 17.0 Å². The fraction of sp³-hybridized carbons (Fsp3) is 0.650. The van der Waals surface area contributed by atoms with Crippen molar-refractivity contribution in [1.29, 1.82) is 0 Å². The van der Waals surface area contributed by atoms with E-state index in [1.54, 1.807) is 0 Å². The van der Waals surface area contributed by atoms with E-state index in [1.165, 1.54) is 5.56 Å². The molecule has 1 amide bonds. The summed E-state index contributed by atoms with van der Waals surface area (Å²) in [6.45, 7) is 12.3. The Morgan fingerprint density at radius 3 is 2.25 bits per heavy atom. The minimum absolute atomic E-state index is 0.154. The summed E-state index contributed by atoms with van der Waals surface area (Å²) in [6.07, 6.45) is 2.03. The molecule has 1 aromatic carbocycles. The SMILES string of the molecule is CCN(Cc1ccc(C(=O)N2CCC(C(C)N)CC2)cc1)C(C)C. The van der Waals surface area contributed by atoms with Crippen molar-refractivity contribution >= 4 is 5.91 Å². The van der Waals surface area contributed by atoms with E-state index in [0.717, 1.165) is 44.6 Å². The van der Waals surface area contributed by atoms with E-state index in [-0.39, 0.29) is 11.9 Å². The molecule has 1 aliphatic rings. The number of benzene rings is 1. The molecule has 0 spiro atoms. The summed E-state index contributed by atoms with van der Waals surface area (Å²) >= 11 is 0. The van der Waals surface area contributed by atoms with E-state index in [2.05, 4.69) is 44.7 Å². The number of likely N-dealkylation sites (tertiary alicyclic amines) is 1. The molecule has 1 aromatic rings. The summed E-state index contributed by atoms with van der Waals surface area (Å²) in [6, 6.07) is 8.89. The topological polar surface area (TPSA) is 49.6 Å². The molecule has 0 bridgehead atoms. The maximum absolute atomic E-state index is 12.7. The predicted octanol–water partition coefficient (Wildman–Crippen LogP) is 3.12. The van der Waals surface area contributed by atoms with Gasteiger partial charge >= 0.3 is 0 Å². The first-order chi connectivity index (χ1) is 11.4. The van der Waals surface area contributed by atoms with Crippen molar-refractivity contribution in [2.45, 2.75) is 59.2 Å². The highest BCUT2D eigenvalue weighted by atomic mass is 16.2. The fourth-order valence-electron chi connectivity index (χ4n) is 3.46. The zero-order valence-electron chi connectivity index (χ0n) is 15.7. The third kappa shape index (κ3) is 4.81. The molecule has 0 aromatic heterocycles. The van der Waals surface area contributed by atoms with Crippen molar-refractivity contribution in [3.05, 3.63) is 35.4 Å². The zero-order valence-corrected chi connectivity index (χ0v) is 15.7. The maximum atomic E-state index is 12.7. The highest BCUT2D eigenvalue weighted by molar-refractivity contribution is 5.94. The Hall–Kier alpha value is -1.39. The Kier molecular flexibility index (Phi) is 6.81. The summed E-state index contributed by atoms with van der Waals surface area (Å²) in [7, 11) is 0. The monoisotopic (exact) mass is 331 g/mol. The first kappa shape index (κ1) is 18.9. The summed E-state index contributed by atoms with van der Waals surface area (Å²) < 4.78 is 0. The molecule has 1 saturated heterocycles. The number of hydrogen-bond acceptors (Lipinski definition) is 3. The van der Waals surface area contributed by atoms with Crippen molar-refractivity contribution in [3.63, 3.8) is 0 Å². The predicted molar refractivity (Wildman–Crippen MR) is 99.9 cm³/mol. The van der Waals surface area contributed by atoms with Crippen LogP contribution in [-0.2, 0) is 6.54 Å². The van der Waals surface area contributed by atoms with Gasteiger partial charge in [-0.2, -0.15) is 0 Å². The summed E-state index contributed by atoms with van der Waals surface area (Å²) in [5.74, 6) is 0.702. The highest BCUT2D eigenvalue weighted by Gasteiger charge is 2.25. The lowest BCUT2D eigenvalue weighted by molar-refractivity contribution is 0.0681. The van der Waals surface area contributed by atoms with Crippen molar-refractivity contribution < 1.29 is 4.79 Å². The van der Waals surface area contributed by atoms with Crippen LogP contribution in [0.3, 0.4) is 0 Å². The molecule has 0 aliphatic carbocycles. The first-order valence-electron chi connectivity index (χ1n) is 9.30. The molecular weight excluding hydrogens is 298 g/mol. The molecule has 1 unspecified atom stereocenters. The Labute approximate surface area is 147 Å². The Morgan fingerprint density at radius 2 is 1.79 bits per heavy atom. The van der Waals surface area contributed by atoms with Crippen LogP contribution < -0.4 is 5.73 Å². The molecule has 1 aliphatic heterocycles. The lowest BCUT2D eigenvalue weighted by Gasteiger charge is -2.33. The molecule has 24 heavy (non-hydrogen) atoms. The number of amides is 1. The van der Waals surface area contributed by atoms with Crippen molar-refractivity contribution in [3.8, 4) is 0 Å². The van der Waals surface area contributed by atoms with Crippen molar-refractivity contribution in [2.24, 2.45) is 11.7 Å². The van der Waals surface area contributed by atoms with Crippen LogP contribution in [0.5, 0.6) is 0 Å². The van der Waals surface area contributed by atoms with Gasteiger partial charge in [-0.1, -0.05) is 19.1 Å². The Bertz CT molecular complexity index is 516. The lowest BCUT2D eigenvalue weighted by Crippen LogP contribution is -2.42. The van der Waals surface area contributed by atoms with Gasteiger partial charge in [-0.25, -0.2) is 0 Å². The highest BCUT2D eigenvalue weighted by Crippen LogP contribution is 2.21. The van der Waals surface area contributed by atoms with Gasteiger partial charge in [0.1, 0.15) is 0 Å². The quantitative estimate of drug-likeness (QED) is 0.871. The third-order valence-electron chi connectivity index (χ3n) is 5.29.